The van der Waals surface area contributed by atoms with Crippen molar-refractivity contribution < 1.29 is 5.11 Å². The minimum atomic E-state index is -0.182. The van der Waals surface area contributed by atoms with E-state index in [2.05, 4.69) is 23.5 Å². The fourth-order valence-corrected chi connectivity index (χ4v) is 2.00. The van der Waals surface area contributed by atoms with E-state index in [0.717, 1.165) is 5.69 Å². The van der Waals surface area contributed by atoms with Gasteiger partial charge in [0.1, 0.15) is 0 Å². The summed E-state index contributed by atoms with van der Waals surface area (Å²) < 4.78 is 0. The Hall–Kier alpha value is -1.06. The van der Waals surface area contributed by atoms with Crippen LogP contribution in [0.15, 0.2) is 18.2 Å². The number of benzene rings is 1. The fraction of sp³-hybridized carbons (Fsp3) is 0.500. The van der Waals surface area contributed by atoms with Crippen LogP contribution in [0.25, 0.3) is 0 Å². The molecule has 3 nitrogen and oxygen atoms in total. The lowest BCUT2D eigenvalue weighted by molar-refractivity contribution is 0.270. The summed E-state index contributed by atoms with van der Waals surface area (Å²) in [5.74, 6) is 0. The summed E-state index contributed by atoms with van der Waals surface area (Å²) in [7, 11) is 0. The van der Waals surface area contributed by atoms with E-state index in [4.69, 9.17) is 10.8 Å². The number of aliphatic hydroxyl groups is 1. The Morgan fingerprint density at radius 3 is 2.93 bits per heavy atom. The number of nitrogens with two attached hydrogens (primary N) is 1. The van der Waals surface area contributed by atoms with Crippen LogP contribution in [0.1, 0.15) is 17.5 Å². The summed E-state index contributed by atoms with van der Waals surface area (Å²) in [4.78, 5) is 0. The lowest BCUT2D eigenvalue weighted by Crippen LogP contribution is -2.32. The molecule has 3 heteroatoms. The normalized spacial score (nSPS) is 16.1. The highest BCUT2D eigenvalue weighted by Gasteiger charge is 2.10. The van der Waals surface area contributed by atoms with Gasteiger partial charge in [0.25, 0.3) is 0 Å². The summed E-state index contributed by atoms with van der Waals surface area (Å²) >= 11 is 0. The number of anilines is 1. The van der Waals surface area contributed by atoms with Crippen molar-refractivity contribution in [3.05, 3.63) is 29.3 Å². The Bertz CT molecular complexity index is 338. The van der Waals surface area contributed by atoms with Gasteiger partial charge in [-0.2, -0.15) is 0 Å². The maximum atomic E-state index is 8.80. The van der Waals surface area contributed by atoms with Crippen molar-refractivity contribution in [2.45, 2.75) is 25.3 Å². The molecular weight excluding hydrogens is 188 g/mol. The van der Waals surface area contributed by atoms with Crippen LogP contribution in [0.5, 0.6) is 0 Å². The molecule has 0 saturated heterocycles. The smallest absolute Gasteiger partial charge is 0.0599 e. The molecule has 15 heavy (non-hydrogen) atoms. The zero-order valence-electron chi connectivity index (χ0n) is 8.87. The molecule has 0 aliphatic heterocycles. The maximum Gasteiger partial charge on any atom is 0.0599 e. The molecule has 1 atom stereocenters. The number of fused-ring (bicyclic) bond motifs is 1. The highest BCUT2D eigenvalue weighted by Crippen LogP contribution is 2.24. The molecule has 0 radical (unpaired) electrons. The molecule has 0 aromatic heterocycles. The van der Waals surface area contributed by atoms with Crippen LogP contribution in [0, 0.1) is 0 Å². The highest BCUT2D eigenvalue weighted by atomic mass is 16.3. The molecular formula is C12H18N2O. The van der Waals surface area contributed by atoms with Gasteiger partial charge in [-0.15, -0.1) is 0 Å². The van der Waals surface area contributed by atoms with Gasteiger partial charge in [0.05, 0.1) is 6.61 Å². The molecule has 0 spiro atoms. The number of hydrogen-bond donors (Lipinski definition) is 3. The molecule has 1 aliphatic rings. The zero-order valence-corrected chi connectivity index (χ0v) is 8.87. The van der Waals surface area contributed by atoms with Gasteiger partial charge >= 0.3 is 0 Å². The van der Waals surface area contributed by atoms with Crippen molar-refractivity contribution >= 4 is 5.69 Å². The molecule has 82 valence electrons. The minimum Gasteiger partial charge on any atom is -0.395 e. The molecule has 1 aromatic carbocycles. The molecule has 1 unspecified atom stereocenters. The van der Waals surface area contributed by atoms with Crippen LogP contribution in [0.2, 0.25) is 0 Å². The molecule has 0 bridgehead atoms. The molecule has 1 aromatic rings. The first kappa shape index (κ1) is 10.5. The van der Waals surface area contributed by atoms with Gasteiger partial charge in [-0.3, -0.25) is 0 Å². The van der Waals surface area contributed by atoms with Crippen LogP contribution in [-0.2, 0) is 12.8 Å². The lowest BCUT2D eigenvalue weighted by Gasteiger charge is -2.12. The third-order valence-corrected chi connectivity index (χ3v) is 2.90. The predicted octanol–water partition coefficient (Wildman–Crippen LogP) is 0.907. The number of nitrogens with one attached hydrogen (secondary N) is 1. The number of rotatable bonds is 4. The quantitative estimate of drug-likeness (QED) is 0.686. The molecule has 0 saturated carbocycles. The van der Waals surface area contributed by atoms with E-state index in [1.807, 2.05) is 0 Å². The Morgan fingerprint density at radius 2 is 2.13 bits per heavy atom. The summed E-state index contributed by atoms with van der Waals surface area (Å²) in [6.07, 6.45) is 3.68. The second-order valence-electron chi connectivity index (χ2n) is 4.16. The van der Waals surface area contributed by atoms with Crippen molar-refractivity contribution in [3.63, 3.8) is 0 Å². The van der Waals surface area contributed by atoms with Gasteiger partial charge in [-0.25, -0.2) is 0 Å². The van der Waals surface area contributed by atoms with Gasteiger partial charge in [-0.1, -0.05) is 6.07 Å². The van der Waals surface area contributed by atoms with Crippen molar-refractivity contribution in [3.8, 4) is 0 Å². The third-order valence-electron chi connectivity index (χ3n) is 2.90. The van der Waals surface area contributed by atoms with E-state index >= 15 is 0 Å². The summed E-state index contributed by atoms with van der Waals surface area (Å²) in [6, 6.07) is 6.30. The van der Waals surface area contributed by atoms with Crippen molar-refractivity contribution in [2.75, 3.05) is 18.5 Å². The van der Waals surface area contributed by atoms with Crippen LogP contribution < -0.4 is 11.1 Å². The minimum absolute atomic E-state index is 0.0257. The largest absolute Gasteiger partial charge is 0.395 e. The first-order chi connectivity index (χ1) is 7.29. The fourth-order valence-electron chi connectivity index (χ4n) is 2.00. The summed E-state index contributed by atoms with van der Waals surface area (Å²) in [6.45, 7) is 0.646. The zero-order chi connectivity index (χ0) is 10.7. The van der Waals surface area contributed by atoms with E-state index in [-0.39, 0.29) is 12.6 Å². The highest BCUT2D eigenvalue weighted by molar-refractivity contribution is 5.50. The average molecular weight is 206 g/mol. The third kappa shape index (κ3) is 2.49. The topological polar surface area (TPSA) is 58.3 Å². The Kier molecular flexibility index (Phi) is 3.23. The van der Waals surface area contributed by atoms with Gasteiger partial charge in [-0.05, 0) is 42.5 Å². The van der Waals surface area contributed by atoms with Crippen LogP contribution >= 0.6 is 0 Å². The average Bonchev–Trinajstić information content (AvgIpc) is 2.72. The Morgan fingerprint density at radius 1 is 1.33 bits per heavy atom. The second-order valence-corrected chi connectivity index (χ2v) is 4.16. The van der Waals surface area contributed by atoms with Gasteiger partial charge in [0.15, 0.2) is 0 Å². The van der Waals surface area contributed by atoms with E-state index < -0.39 is 0 Å². The first-order valence-electron chi connectivity index (χ1n) is 5.51. The molecule has 1 aliphatic carbocycles. The van der Waals surface area contributed by atoms with Crippen molar-refractivity contribution in [1.29, 1.82) is 0 Å². The first-order valence-corrected chi connectivity index (χ1v) is 5.51. The second kappa shape index (κ2) is 4.64. The molecule has 2 rings (SSSR count). The Labute approximate surface area is 90.3 Å². The summed E-state index contributed by atoms with van der Waals surface area (Å²) in [5, 5.41) is 12.0. The predicted molar refractivity (Wildman–Crippen MR) is 62.0 cm³/mol. The van der Waals surface area contributed by atoms with E-state index in [9.17, 15) is 0 Å². The summed E-state index contributed by atoms with van der Waals surface area (Å²) in [5.41, 5.74) is 9.67. The van der Waals surface area contributed by atoms with Crippen LogP contribution in [-0.4, -0.2) is 24.3 Å². The van der Waals surface area contributed by atoms with Gasteiger partial charge < -0.3 is 16.2 Å². The monoisotopic (exact) mass is 206 g/mol. The lowest BCUT2D eigenvalue weighted by atomic mass is 10.1. The van der Waals surface area contributed by atoms with Crippen molar-refractivity contribution in [1.82, 2.24) is 0 Å². The van der Waals surface area contributed by atoms with Gasteiger partial charge in [0, 0.05) is 18.3 Å². The van der Waals surface area contributed by atoms with Gasteiger partial charge in [0.2, 0.25) is 0 Å². The maximum absolute atomic E-state index is 8.80. The van der Waals surface area contributed by atoms with Crippen LogP contribution in [0.4, 0.5) is 5.69 Å². The standard InChI is InChI=1S/C12H18N2O/c13-11(8-15)7-14-12-5-4-9-2-1-3-10(9)6-12/h4-6,11,14-15H,1-3,7-8,13H2. The van der Waals surface area contributed by atoms with E-state index in [1.54, 1.807) is 0 Å². The number of aliphatic hydroxyl groups excluding tert-OH is 1. The number of hydrogen-bond acceptors (Lipinski definition) is 3. The van der Waals surface area contributed by atoms with E-state index in [1.165, 1.54) is 30.4 Å². The molecule has 0 amide bonds. The molecule has 0 heterocycles. The number of aryl methyl sites for hydroxylation is 2. The van der Waals surface area contributed by atoms with E-state index in [0.29, 0.717) is 6.54 Å². The molecule has 4 N–H and O–H groups in total. The Balaban J connectivity index is 1.98. The molecule has 0 fully saturated rings. The van der Waals surface area contributed by atoms with Crippen molar-refractivity contribution in [2.24, 2.45) is 5.73 Å². The van der Waals surface area contributed by atoms with Crippen LogP contribution in [0.3, 0.4) is 0 Å². The SMILES string of the molecule is NC(CO)CNc1ccc2c(c1)CCC2.